The lowest BCUT2D eigenvalue weighted by atomic mass is 10.1. The third kappa shape index (κ3) is 4.66. The SMILES string of the molecule is O=COCc1ccsc1-c1ccc(-c2sc(C(=O)c3ccccc3)cc2CC(=O)O)s1. The van der Waals surface area contributed by atoms with Gasteiger partial charge in [-0.15, -0.1) is 34.0 Å². The van der Waals surface area contributed by atoms with Crippen LogP contribution in [0.1, 0.15) is 26.4 Å². The van der Waals surface area contributed by atoms with E-state index >= 15 is 0 Å². The average molecular weight is 469 g/mol. The van der Waals surface area contributed by atoms with E-state index in [1.54, 1.807) is 41.7 Å². The summed E-state index contributed by atoms with van der Waals surface area (Å²) in [6, 6.07) is 16.5. The van der Waals surface area contributed by atoms with Crippen LogP contribution in [0.3, 0.4) is 0 Å². The normalized spacial score (nSPS) is 10.7. The number of hydrogen-bond donors (Lipinski definition) is 1. The van der Waals surface area contributed by atoms with E-state index in [-0.39, 0.29) is 18.8 Å². The molecule has 3 heterocycles. The second-order valence-corrected chi connectivity index (χ2v) is 9.63. The minimum atomic E-state index is -0.943. The molecule has 31 heavy (non-hydrogen) atoms. The zero-order valence-corrected chi connectivity index (χ0v) is 18.5. The number of aliphatic carboxylic acids is 1. The summed E-state index contributed by atoms with van der Waals surface area (Å²) in [7, 11) is 0. The first-order valence-electron chi connectivity index (χ1n) is 9.23. The van der Waals surface area contributed by atoms with Crippen molar-refractivity contribution in [2.75, 3.05) is 0 Å². The van der Waals surface area contributed by atoms with Gasteiger partial charge in [0.25, 0.3) is 6.47 Å². The molecule has 0 aliphatic carbocycles. The summed E-state index contributed by atoms with van der Waals surface area (Å²) in [6.45, 7) is 0.630. The second-order valence-electron chi connectivity index (χ2n) is 6.58. The Morgan fingerprint density at radius 1 is 0.935 bits per heavy atom. The van der Waals surface area contributed by atoms with Gasteiger partial charge >= 0.3 is 5.97 Å². The monoisotopic (exact) mass is 468 g/mol. The standard InChI is InChI=1S/C23H16O5S3/c24-13-28-12-15-8-9-29-22(15)17-6-7-18(30-17)23-16(11-20(25)26)10-19(31-23)21(27)14-4-2-1-3-5-14/h1-10,13H,11-12H2,(H,25,26). The zero-order chi connectivity index (χ0) is 21.8. The third-order valence-corrected chi connectivity index (χ3v) is 8.10. The van der Waals surface area contributed by atoms with Gasteiger partial charge in [-0.2, -0.15) is 0 Å². The van der Waals surface area contributed by atoms with Crippen molar-refractivity contribution >= 4 is 52.2 Å². The van der Waals surface area contributed by atoms with Crippen LogP contribution in [-0.4, -0.2) is 23.3 Å². The number of carbonyl (C=O) groups excluding carboxylic acids is 2. The predicted octanol–water partition coefficient (Wildman–Crippen LogP) is 5.74. The molecule has 8 heteroatoms. The number of thiophene rings is 3. The van der Waals surface area contributed by atoms with Crippen LogP contribution in [0.15, 0.2) is 60.0 Å². The fraction of sp³-hybridized carbons (Fsp3) is 0.0870. The lowest BCUT2D eigenvalue weighted by Gasteiger charge is -2.00. The minimum absolute atomic E-state index is 0.119. The fourth-order valence-electron chi connectivity index (χ4n) is 3.15. The molecule has 3 aromatic heterocycles. The lowest BCUT2D eigenvalue weighted by Crippen LogP contribution is -2.00. The Morgan fingerprint density at radius 3 is 2.39 bits per heavy atom. The molecule has 0 spiro atoms. The maximum atomic E-state index is 12.9. The van der Waals surface area contributed by atoms with E-state index in [2.05, 4.69) is 0 Å². The Balaban J connectivity index is 1.70. The number of ketones is 1. The Morgan fingerprint density at radius 2 is 1.68 bits per heavy atom. The number of ether oxygens (including phenoxy) is 1. The van der Waals surface area contributed by atoms with E-state index in [9.17, 15) is 19.5 Å². The first-order valence-corrected chi connectivity index (χ1v) is 11.7. The molecule has 0 amide bonds. The summed E-state index contributed by atoms with van der Waals surface area (Å²) in [5, 5.41) is 11.3. The maximum absolute atomic E-state index is 12.9. The third-order valence-electron chi connectivity index (χ3n) is 4.52. The highest BCUT2D eigenvalue weighted by Crippen LogP contribution is 2.43. The topological polar surface area (TPSA) is 80.7 Å². The molecule has 0 saturated carbocycles. The van der Waals surface area contributed by atoms with Gasteiger partial charge in [0.15, 0.2) is 0 Å². The number of carboxylic acid groups (broad SMARTS) is 1. The van der Waals surface area contributed by atoms with Crippen LogP contribution in [0.25, 0.3) is 19.5 Å². The van der Waals surface area contributed by atoms with Crippen LogP contribution in [0, 0.1) is 0 Å². The van der Waals surface area contributed by atoms with E-state index in [0.29, 0.717) is 22.5 Å². The number of rotatable bonds is 9. The number of carbonyl (C=O) groups is 3. The molecule has 0 atom stereocenters. The molecule has 156 valence electrons. The van der Waals surface area contributed by atoms with Gasteiger partial charge in [-0.25, -0.2) is 0 Å². The molecular weight excluding hydrogens is 452 g/mol. The molecule has 5 nitrogen and oxygen atoms in total. The molecule has 4 aromatic rings. The van der Waals surface area contributed by atoms with Gasteiger partial charge in [0.05, 0.1) is 16.2 Å². The van der Waals surface area contributed by atoms with E-state index in [4.69, 9.17) is 4.74 Å². The molecule has 4 rings (SSSR count). The molecule has 0 aliphatic heterocycles. The lowest BCUT2D eigenvalue weighted by molar-refractivity contribution is -0.136. The van der Waals surface area contributed by atoms with Crippen molar-refractivity contribution in [3.8, 4) is 19.5 Å². The minimum Gasteiger partial charge on any atom is -0.481 e. The van der Waals surface area contributed by atoms with Crippen molar-refractivity contribution in [2.24, 2.45) is 0 Å². The molecule has 1 aromatic carbocycles. The first-order chi connectivity index (χ1) is 15.1. The van der Waals surface area contributed by atoms with Gasteiger partial charge in [0.1, 0.15) is 6.61 Å². The first kappa shape index (κ1) is 21.2. The summed E-state index contributed by atoms with van der Waals surface area (Å²) in [4.78, 5) is 39.1. The van der Waals surface area contributed by atoms with Crippen molar-refractivity contribution in [2.45, 2.75) is 13.0 Å². The van der Waals surface area contributed by atoms with Gasteiger partial charge in [-0.3, -0.25) is 14.4 Å². The highest BCUT2D eigenvalue weighted by Gasteiger charge is 2.20. The Labute approximate surface area is 190 Å². The van der Waals surface area contributed by atoms with Crippen molar-refractivity contribution in [3.05, 3.63) is 81.5 Å². The van der Waals surface area contributed by atoms with Gasteiger partial charge in [-0.1, -0.05) is 30.3 Å². The smallest absolute Gasteiger partial charge is 0.307 e. The molecule has 0 fully saturated rings. The summed E-state index contributed by atoms with van der Waals surface area (Å²) < 4.78 is 4.90. The Bertz CT molecular complexity index is 1230. The highest BCUT2D eigenvalue weighted by atomic mass is 32.1. The maximum Gasteiger partial charge on any atom is 0.307 e. The van der Waals surface area contributed by atoms with Gasteiger partial charge in [-0.05, 0) is 35.2 Å². The summed E-state index contributed by atoms with van der Waals surface area (Å²) in [5.74, 6) is -1.06. The molecular formula is C23H16O5S3. The van der Waals surface area contributed by atoms with Crippen molar-refractivity contribution < 1.29 is 24.2 Å². The second kappa shape index (κ2) is 9.38. The summed E-state index contributed by atoms with van der Waals surface area (Å²) >= 11 is 4.40. The highest BCUT2D eigenvalue weighted by molar-refractivity contribution is 7.26. The number of carboxylic acids is 1. The number of hydrogen-bond acceptors (Lipinski definition) is 7. The van der Waals surface area contributed by atoms with Crippen LogP contribution < -0.4 is 0 Å². The van der Waals surface area contributed by atoms with Crippen LogP contribution in [0.5, 0.6) is 0 Å². The van der Waals surface area contributed by atoms with Crippen molar-refractivity contribution in [1.29, 1.82) is 0 Å². The summed E-state index contributed by atoms with van der Waals surface area (Å²) in [5.41, 5.74) is 2.12. The zero-order valence-electron chi connectivity index (χ0n) is 16.1. The van der Waals surface area contributed by atoms with Crippen LogP contribution >= 0.6 is 34.0 Å². The molecule has 0 bridgehead atoms. The number of benzene rings is 1. The molecule has 0 aliphatic rings. The summed E-state index contributed by atoms with van der Waals surface area (Å²) in [6.07, 6.45) is -0.154. The predicted molar refractivity (Wildman–Crippen MR) is 123 cm³/mol. The van der Waals surface area contributed by atoms with Crippen molar-refractivity contribution in [1.82, 2.24) is 0 Å². The Hall–Kier alpha value is -3.07. The van der Waals surface area contributed by atoms with Gasteiger partial charge < -0.3 is 9.84 Å². The molecule has 1 N–H and O–H groups in total. The van der Waals surface area contributed by atoms with Gasteiger partial charge in [0, 0.05) is 25.8 Å². The molecule has 0 saturated heterocycles. The quantitative estimate of drug-likeness (QED) is 0.250. The average Bonchev–Trinajstić information content (AvgIpc) is 3.51. The molecule has 0 unspecified atom stereocenters. The largest absolute Gasteiger partial charge is 0.481 e. The van der Waals surface area contributed by atoms with Crippen LogP contribution in [0.4, 0.5) is 0 Å². The van der Waals surface area contributed by atoms with E-state index in [0.717, 1.165) is 25.1 Å². The van der Waals surface area contributed by atoms with E-state index < -0.39 is 5.97 Å². The van der Waals surface area contributed by atoms with Crippen LogP contribution in [0.2, 0.25) is 0 Å². The van der Waals surface area contributed by atoms with Gasteiger partial charge in [0.2, 0.25) is 5.78 Å². The fourth-order valence-corrected chi connectivity index (χ4v) is 6.52. The molecule has 0 radical (unpaired) electrons. The van der Waals surface area contributed by atoms with E-state index in [1.165, 1.54) is 22.7 Å². The Kier molecular flexibility index (Phi) is 6.41. The van der Waals surface area contributed by atoms with Crippen molar-refractivity contribution in [3.63, 3.8) is 0 Å². The van der Waals surface area contributed by atoms with Crippen LogP contribution in [-0.2, 0) is 27.4 Å². The van der Waals surface area contributed by atoms with E-state index in [1.807, 2.05) is 29.6 Å².